The van der Waals surface area contributed by atoms with Gasteiger partial charge >= 0.3 is 0 Å². The quantitative estimate of drug-likeness (QED) is 0.526. The Bertz CT molecular complexity index is 1270. The van der Waals surface area contributed by atoms with Gasteiger partial charge in [0.1, 0.15) is 17.4 Å². The summed E-state index contributed by atoms with van der Waals surface area (Å²) in [4.78, 5) is 21.9. The summed E-state index contributed by atoms with van der Waals surface area (Å²) in [5, 5.41) is 8.27. The summed E-state index contributed by atoms with van der Waals surface area (Å²) >= 11 is 0. The van der Waals surface area contributed by atoms with Crippen molar-refractivity contribution in [3.63, 3.8) is 0 Å². The molecule has 0 aliphatic carbocycles. The molecule has 2 saturated heterocycles. The van der Waals surface area contributed by atoms with Gasteiger partial charge in [0.2, 0.25) is 15.9 Å². The summed E-state index contributed by atoms with van der Waals surface area (Å²) in [6, 6.07) is 10.0. The number of benzene rings is 1. The molecular formula is C23H29N7O3S. The number of aryl methyl sites for hydroxylation is 1. The summed E-state index contributed by atoms with van der Waals surface area (Å²) < 4.78 is 30.2. The van der Waals surface area contributed by atoms with E-state index in [1.807, 2.05) is 18.2 Å². The van der Waals surface area contributed by atoms with Crippen LogP contribution in [-0.4, -0.2) is 82.3 Å². The van der Waals surface area contributed by atoms with E-state index in [2.05, 4.69) is 27.1 Å². The zero-order valence-corrected chi connectivity index (χ0v) is 20.1. The van der Waals surface area contributed by atoms with Gasteiger partial charge < -0.3 is 9.80 Å². The first-order chi connectivity index (χ1) is 16.5. The molecule has 1 aromatic carbocycles. The Morgan fingerprint density at radius 3 is 2.65 bits per heavy atom. The smallest absolute Gasteiger partial charge is 0.243 e. The number of carbonyl (C=O) groups excluding carboxylic acids is 1. The van der Waals surface area contributed by atoms with Gasteiger partial charge in [0, 0.05) is 45.5 Å². The lowest BCUT2D eigenvalue weighted by molar-refractivity contribution is -0.134. The van der Waals surface area contributed by atoms with Gasteiger partial charge in [-0.1, -0.05) is 18.2 Å². The minimum absolute atomic E-state index is 0.114. The fraction of sp³-hybridized carbons (Fsp3) is 0.478. The number of sulfonamides is 1. The van der Waals surface area contributed by atoms with Crippen LogP contribution < -0.4 is 4.90 Å². The van der Waals surface area contributed by atoms with Crippen molar-refractivity contribution in [1.29, 1.82) is 0 Å². The fourth-order valence-electron chi connectivity index (χ4n) is 4.81. The van der Waals surface area contributed by atoms with Crippen molar-refractivity contribution in [3.05, 3.63) is 42.6 Å². The molecule has 180 valence electrons. The number of hydrogen-bond acceptors (Lipinski definition) is 7. The third-order valence-electron chi connectivity index (χ3n) is 6.58. The molecule has 0 radical (unpaired) electrons. The number of anilines is 1. The van der Waals surface area contributed by atoms with E-state index >= 15 is 0 Å². The monoisotopic (exact) mass is 483 g/mol. The first-order valence-corrected chi connectivity index (χ1v) is 13.2. The van der Waals surface area contributed by atoms with Crippen LogP contribution in [0.2, 0.25) is 0 Å². The van der Waals surface area contributed by atoms with E-state index in [0.717, 1.165) is 24.3 Å². The molecule has 10 nitrogen and oxygen atoms in total. The van der Waals surface area contributed by atoms with Crippen LogP contribution in [0, 0.1) is 0 Å². The highest BCUT2D eigenvalue weighted by molar-refractivity contribution is 7.89. The predicted octanol–water partition coefficient (Wildman–Crippen LogP) is 1.74. The highest BCUT2D eigenvalue weighted by atomic mass is 32.2. The second-order valence-electron chi connectivity index (χ2n) is 8.74. The molecule has 5 rings (SSSR count). The number of aromatic nitrogens is 4. The van der Waals surface area contributed by atoms with Crippen molar-refractivity contribution in [2.45, 2.75) is 43.7 Å². The lowest BCUT2D eigenvalue weighted by Gasteiger charge is -2.37. The molecular weight excluding hydrogens is 454 g/mol. The first kappa shape index (κ1) is 22.7. The average molecular weight is 484 g/mol. The second kappa shape index (κ2) is 9.30. The van der Waals surface area contributed by atoms with Gasteiger partial charge in [0.25, 0.3) is 0 Å². The molecule has 0 unspecified atom stereocenters. The summed E-state index contributed by atoms with van der Waals surface area (Å²) in [7, 11) is -3.83. The van der Waals surface area contributed by atoms with Crippen molar-refractivity contribution in [2.75, 3.05) is 37.6 Å². The molecule has 1 amide bonds. The van der Waals surface area contributed by atoms with Crippen LogP contribution in [0.15, 0.2) is 47.5 Å². The van der Waals surface area contributed by atoms with Crippen LogP contribution in [0.3, 0.4) is 0 Å². The zero-order chi connectivity index (χ0) is 23.7. The summed E-state index contributed by atoms with van der Waals surface area (Å²) in [6.45, 7) is 5.55. The predicted molar refractivity (Wildman–Crippen MR) is 128 cm³/mol. The Morgan fingerprint density at radius 1 is 1.09 bits per heavy atom. The molecule has 11 heteroatoms. The summed E-state index contributed by atoms with van der Waals surface area (Å²) in [5.41, 5.74) is 1.35. The van der Waals surface area contributed by atoms with Gasteiger partial charge in [-0.3, -0.25) is 4.79 Å². The Balaban J connectivity index is 1.31. The van der Waals surface area contributed by atoms with Crippen molar-refractivity contribution in [1.82, 2.24) is 29.2 Å². The molecule has 0 bridgehead atoms. The maximum atomic E-state index is 13.5. The molecule has 1 atom stereocenters. The minimum atomic E-state index is -3.83. The molecule has 34 heavy (non-hydrogen) atoms. The number of rotatable bonds is 6. The molecule has 2 aliphatic heterocycles. The number of nitrogens with zero attached hydrogens (tertiary/aromatic N) is 7. The van der Waals surface area contributed by atoms with Crippen molar-refractivity contribution < 1.29 is 13.2 Å². The lowest BCUT2D eigenvalue weighted by Crippen LogP contribution is -2.54. The third-order valence-corrected chi connectivity index (χ3v) is 8.48. The Kier molecular flexibility index (Phi) is 6.22. The van der Waals surface area contributed by atoms with E-state index in [9.17, 15) is 13.2 Å². The van der Waals surface area contributed by atoms with Crippen LogP contribution in [0.4, 0.5) is 5.82 Å². The number of pyridine rings is 1. The standard InChI is InChI=1S/C23H29N7O3S/c1-2-11-29-20-9-8-18(17-19(20)25-26-29)34(32,33)30-12-5-6-21(30)23(31)28-15-13-27(14-16-28)22-7-3-4-10-24-22/h3-4,7-10,17,21H,2,5-6,11-16H2,1H3/t21-/m1/s1. The molecule has 2 aromatic heterocycles. The number of piperazine rings is 1. The maximum Gasteiger partial charge on any atom is 0.243 e. The molecule has 2 fully saturated rings. The van der Waals surface area contributed by atoms with E-state index in [0.29, 0.717) is 51.1 Å². The van der Waals surface area contributed by atoms with E-state index < -0.39 is 16.1 Å². The van der Waals surface area contributed by atoms with E-state index in [4.69, 9.17) is 0 Å². The van der Waals surface area contributed by atoms with Crippen molar-refractivity contribution >= 4 is 32.8 Å². The van der Waals surface area contributed by atoms with Gasteiger partial charge in [-0.2, -0.15) is 4.31 Å². The molecule has 0 saturated carbocycles. The van der Waals surface area contributed by atoms with Gasteiger partial charge in [0.05, 0.1) is 10.4 Å². The SMILES string of the molecule is CCCn1nnc2cc(S(=O)(=O)N3CCC[C@@H]3C(=O)N3CCN(c4ccccn4)CC3)ccc21. The topological polar surface area (TPSA) is 105 Å². The van der Waals surface area contributed by atoms with Gasteiger partial charge in [-0.25, -0.2) is 18.1 Å². The zero-order valence-electron chi connectivity index (χ0n) is 19.2. The van der Waals surface area contributed by atoms with Gasteiger partial charge in [0.15, 0.2) is 0 Å². The average Bonchev–Trinajstić information content (AvgIpc) is 3.52. The normalized spacial score (nSPS) is 19.7. The number of fused-ring (bicyclic) bond motifs is 1. The van der Waals surface area contributed by atoms with Crippen LogP contribution in [-0.2, 0) is 21.4 Å². The Hall–Kier alpha value is -3.05. The fourth-order valence-corrected chi connectivity index (χ4v) is 6.48. The largest absolute Gasteiger partial charge is 0.353 e. The van der Waals surface area contributed by atoms with Gasteiger partial charge in [-0.15, -0.1) is 5.10 Å². The van der Waals surface area contributed by atoms with Crippen LogP contribution in [0.1, 0.15) is 26.2 Å². The minimum Gasteiger partial charge on any atom is -0.353 e. The summed E-state index contributed by atoms with van der Waals surface area (Å²) in [5.74, 6) is 0.780. The highest BCUT2D eigenvalue weighted by Gasteiger charge is 2.41. The molecule has 0 N–H and O–H groups in total. The molecule has 3 aromatic rings. The summed E-state index contributed by atoms with van der Waals surface area (Å²) in [6.07, 6.45) is 3.87. The van der Waals surface area contributed by atoms with Crippen molar-refractivity contribution in [3.8, 4) is 0 Å². The number of amides is 1. The van der Waals surface area contributed by atoms with E-state index in [1.54, 1.807) is 34.0 Å². The Morgan fingerprint density at radius 2 is 1.91 bits per heavy atom. The third kappa shape index (κ3) is 4.14. The van der Waals surface area contributed by atoms with E-state index in [-0.39, 0.29) is 10.8 Å². The first-order valence-electron chi connectivity index (χ1n) is 11.8. The van der Waals surface area contributed by atoms with Crippen LogP contribution in [0.25, 0.3) is 11.0 Å². The molecule has 0 spiro atoms. The van der Waals surface area contributed by atoms with E-state index in [1.165, 1.54) is 4.31 Å². The van der Waals surface area contributed by atoms with Gasteiger partial charge in [-0.05, 0) is 49.6 Å². The lowest BCUT2D eigenvalue weighted by atomic mass is 10.2. The molecule has 4 heterocycles. The second-order valence-corrected chi connectivity index (χ2v) is 10.6. The number of hydrogen-bond donors (Lipinski definition) is 0. The van der Waals surface area contributed by atoms with Crippen LogP contribution in [0.5, 0.6) is 0 Å². The van der Waals surface area contributed by atoms with Crippen LogP contribution >= 0.6 is 0 Å². The number of carbonyl (C=O) groups is 1. The Labute approximate surface area is 199 Å². The van der Waals surface area contributed by atoms with Crippen molar-refractivity contribution in [2.24, 2.45) is 0 Å². The maximum absolute atomic E-state index is 13.5. The highest BCUT2D eigenvalue weighted by Crippen LogP contribution is 2.29. The molecule has 2 aliphatic rings.